The fraction of sp³-hybridized carbons (Fsp3) is 0.235. The summed E-state index contributed by atoms with van der Waals surface area (Å²) in [6, 6.07) is 9.05. The van der Waals surface area contributed by atoms with Gasteiger partial charge in [0.15, 0.2) is 5.65 Å². The second-order valence-corrected chi connectivity index (χ2v) is 5.62. The lowest BCUT2D eigenvalue weighted by molar-refractivity contribution is 0.889. The van der Waals surface area contributed by atoms with Crippen LogP contribution < -0.4 is 11.2 Å². The van der Waals surface area contributed by atoms with E-state index in [4.69, 9.17) is 11.6 Å². The minimum absolute atomic E-state index is 0.239. The molecule has 118 valence electrons. The number of rotatable bonds is 3. The molecule has 6 heteroatoms. The summed E-state index contributed by atoms with van der Waals surface area (Å²) < 4.78 is 1.46. The van der Waals surface area contributed by atoms with E-state index in [0.717, 1.165) is 29.7 Å². The molecule has 0 saturated heterocycles. The van der Waals surface area contributed by atoms with Gasteiger partial charge in [-0.3, -0.25) is 9.78 Å². The van der Waals surface area contributed by atoms with Crippen LogP contribution in [0.3, 0.4) is 0 Å². The normalized spacial score (nSPS) is 11.1. The molecule has 1 N–H and O–H groups in total. The summed E-state index contributed by atoms with van der Waals surface area (Å²) in [6.45, 7) is 4.05. The fourth-order valence-corrected chi connectivity index (χ4v) is 2.94. The van der Waals surface area contributed by atoms with E-state index >= 15 is 0 Å². The van der Waals surface area contributed by atoms with E-state index in [1.54, 1.807) is 12.1 Å². The van der Waals surface area contributed by atoms with E-state index in [1.165, 1.54) is 4.57 Å². The third-order valence-electron chi connectivity index (χ3n) is 3.91. The van der Waals surface area contributed by atoms with Crippen molar-refractivity contribution < 1.29 is 0 Å². The van der Waals surface area contributed by atoms with Crippen LogP contribution in [-0.2, 0) is 12.8 Å². The molecule has 0 fully saturated rings. The van der Waals surface area contributed by atoms with Crippen molar-refractivity contribution in [3.8, 4) is 5.69 Å². The second-order valence-electron chi connectivity index (χ2n) is 5.23. The summed E-state index contributed by atoms with van der Waals surface area (Å²) in [6.07, 6.45) is 1.52. The number of hydrogen-bond donors (Lipinski definition) is 1. The molecule has 0 bridgehead atoms. The van der Waals surface area contributed by atoms with Gasteiger partial charge in [0.05, 0.1) is 11.1 Å². The SMILES string of the molecule is CCc1cccc(CC)c1-n1c(=O)[nH]c(=O)c2ccc(Cl)nc21. The summed E-state index contributed by atoms with van der Waals surface area (Å²) in [4.78, 5) is 31.2. The number of nitrogens with zero attached hydrogens (tertiary/aromatic N) is 2. The maximum atomic E-state index is 12.5. The Hall–Kier alpha value is -2.40. The van der Waals surface area contributed by atoms with Gasteiger partial charge in [-0.1, -0.05) is 43.6 Å². The van der Waals surface area contributed by atoms with Crippen LogP contribution in [0, 0.1) is 0 Å². The van der Waals surface area contributed by atoms with Crippen molar-refractivity contribution in [2.45, 2.75) is 26.7 Å². The lowest BCUT2D eigenvalue weighted by Crippen LogP contribution is -2.31. The number of aryl methyl sites for hydroxylation is 2. The smallest absolute Gasteiger partial charge is 0.273 e. The molecule has 0 saturated carbocycles. The van der Waals surface area contributed by atoms with Crippen LogP contribution in [0.15, 0.2) is 39.9 Å². The number of H-pyrrole nitrogens is 1. The molecular weight excluding hydrogens is 314 g/mol. The first-order valence-electron chi connectivity index (χ1n) is 7.49. The summed E-state index contributed by atoms with van der Waals surface area (Å²) in [5.74, 6) is 0. The van der Waals surface area contributed by atoms with Crippen molar-refractivity contribution in [1.29, 1.82) is 0 Å². The zero-order chi connectivity index (χ0) is 16.6. The van der Waals surface area contributed by atoms with E-state index in [1.807, 2.05) is 32.0 Å². The van der Waals surface area contributed by atoms with Gasteiger partial charge in [0.1, 0.15) is 5.15 Å². The summed E-state index contributed by atoms with van der Waals surface area (Å²) >= 11 is 5.99. The highest BCUT2D eigenvalue weighted by molar-refractivity contribution is 6.29. The van der Waals surface area contributed by atoms with E-state index in [-0.39, 0.29) is 10.8 Å². The molecule has 0 amide bonds. The average molecular weight is 330 g/mol. The van der Waals surface area contributed by atoms with Crippen molar-refractivity contribution in [3.63, 3.8) is 0 Å². The highest BCUT2D eigenvalue weighted by Crippen LogP contribution is 2.23. The Labute approximate surface area is 137 Å². The zero-order valence-corrected chi connectivity index (χ0v) is 13.6. The molecule has 0 aliphatic heterocycles. The van der Waals surface area contributed by atoms with Crippen molar-refractivity contribution in [2.24, 2.45) is 0 Å². The standard InChI is InChI=1S/C17H16ClN3O2/c1-3-10-6-5-7-11(4-2)14(10)21-15-12(8-9-13(18)19-15)16(22)20-17(21)23/h5-9H,3-4H2,1-2H3,(H,20,22,23). The van der Waals surface area contributed by atoms with Crippen LogP contribution in [0.4, 0.5) is 0 Å². The number of fused-ring (bicyclic) bond motifs is 1. The van der Waals surface area contributed by atoms with Crippen molar-refractivity contribution in [3.05, 3.63) is 67.4 Å². The maximum absolute atomic E-state index is 12.5. The molecule has 3 rings (SSSR count). The lowest BCUT2D eigenvalue weighted by atomic mass is 10.0. The van der Waals surface area contributed by atoms with E-state index < -0.39 is 11.2 Å². The summed E-state index contributed by atoms with van der Waals surface area (Å²) in [7, 11) is 0. The van der Waals surface area contributed by atoms with E-state index in [0.29, 0.717) is 5.39 Å². The van der Waals surface area contributed by atoms with Crippen LogP contribution in [-0.4, -0.2) is 14.5 Å². The number of benzene rings is 1. The molecule has 2 heterocycles. The van der Waals surface area contributed by atoms with Gasteiger partial charge in [-0.2, -0.15) is 0 Å². The topological polar surface area (TPSA) is 67.8 Å². The molecule has 0 unspecified atom stereocenters. The molecule has 0 spiro atoms. The number of halogens is 1. The molecular formula is C17H16ClN3O2. The number of aromatic nitrogens is 3. The fourth-order valence-electron chi connectivity index (χ4n) is 2.80. The van der Waals surface area contributed by atoms with E-state index in [2.05, 4.69) is 9.97 Å². The first kappa shape index (κ1) is 15.5. The van der Waals surface area contributed by atoms with Gasteiger partial charge in [-0.25, -0.2) is 14.3 Å². The third-order valence-corrected chi connectivity index (χ3v) is 4.12. The molecule has 0 radical (unpaired) electrons. The predicted octanol–water partition coefficient (Wildman–Crippen LogP) is 2.85. The number of para-hydroxylation sites is 1. The number of hydrogen-bond acceptors (Lipinski definition) is 3. The van der Waals surface area contributed by atoms with Gasteiger partial charge in [0, 0.05) is 0 Å². The number of aromatic amines is 1. The largest absolute Gasteiger partial charge is 0.334 e. The Morgan fingerprint density at radius 2 is 1.74 bits per heavy atom. The second kappa shape index (κ2) is 6.01. The van der Waals surface area contributed by atoms with Crippen LogP contribution in [0.2, 0.25) is 5.15 Å². The van der Waals surface area contributed by atoms with Crippen LogP contribution in [0.5, 0.6) is 0 Å². The average Bonchev–Trinajstić information content (AvgIpc) is 2.54. The van der Waals surface area contributed by atoms with Crippen LogP contribution in [0.25, 0.3) is 16.7 Å². The highest BCUT2D eigenvalue weighted by atomic mass is 35.5. The Bertz CT molecular complexity index is 983. The Balaban J connectivity index is 2.54. The van der Waals surface area contributed by atoms with Crippen LogP contribution >= 0.6 is 11.6 Å². The lowest BCUT2D eigenvalue weighted by Gasteiger charge is -2.16. The van der Waals surface area contributed by atoms with Gasteiger partial charge in [-0.05, 0) is 36.1 Å². The van der Waals surface area contributed by atoms with Crippen molar-refractivity contribution in [2.75, 3.05) is 0 Å². The first-order valence-corrected chi connectivity index (χ1v) is 7.87. The quantitative estimate of drug-likeness (QED) is 0.751. The molecule has 23 heavy (non-hydrogen) atoms. The highest BCUT2D eigenvalue weighted by Gasteiger charge is 2.16. The predicted molar refractivity (Wildman–Crippen MR) is 91.7 cm³/mol. The zero-order valence-electron chi connectivity index (χ0n) is 12.9. The van der Waals surface area contributed by atoms with Gasteiger partial charge >= 0.3 is 5.69 Å². The number of pyridine rings is 1. The first-order chi connectivity index (χ1) is 11.1. The Kier molecular flexibility index (Phi) is 4.05. The molecule has 5 nitrogen and oxygen atoms in total. The Morgan fingerprint density at radius 3 is 2.35 bits per heavy atom. The molecule has 0 aliphatic rings. The molecule has 2 aromatic heterocycles. The van der Waals surface area contributed by atoms with Gasteiger partial charge in [0.2, 0.25) is 0 Å². The van der Waals surface area contributed by atoms with Gasteiger partial charge in [-0.15, -0.1) is 0 Å². The molecule has 0 aliphatic carbocycles. The third kappa shape index (κ3) is 2.57. The van der Waals surface area contributed by atoms with Gasteiger partial charge in [0.25, 0.3) is 5.56 Å². The van der Waals surface area contributed by atoms with Gasteiger partial charge < -0.3 is 0 Å². The molecule has 1 aromatic carbocycles. The maximum Gasteiger partial charge on any atom is 0.334 e. The molecule has 0 atom stereocenters. The number of nitrogens with one attached hydrogen (secondary N) is 1. The summed E-state index contributed by atoms with van der Waals surface area (Å²) in [5.41, 5.74) is 2.12. The minimum atomic E-state index is -0.507. The van der Waals surface area contributed by atoms with Crippen molar-refractivity contribution in [1.82, 2.24) is 14.5 Å². The van der Waals surface area contributed by atoms with E-state index in [9.17, 15) is 9.59 Å². The minimum Gasteiger partial charge on any atom is -0.273 e. The summed E-state index contributed by atoms with van der Waals surface area (Å²) in [5, 5.41) is 0.574. The van der Waals surface area contributed by atoms with Crippen molar-refractivity contribution >= 4 is 22.6 Å². The van der Waals surface area contributed by atoms with Crippen LogP contribution in [0.1, 0.15) is 25.0 Å². The Morgan fingerprint density at radius 1 is 1.09 bits per heavy atom. The molecule has 3 aromatic rings. The monoisotopic (exact) mass is 329 g/mol.